The van der Waals surface area contributed by atoms with Gasteiger partial charge in [-0.15, -0.1) is 10.2 Å². The van der Waals surface area contributed by atoms with Crippen LogP contribution in [-0.4, -0.2) is 55.4 Å². The van der Waals surface area contributed by atoms with E-state index in [0.717, 1.165) is 24.6 Å². The maximum Gasteiger partial charge on any atom is 0.257 e. The minimum Gasteiger partial charge on any atom is -0.493 e. The van der Waals surface area contributed by atoms with Crippen LogP contribution in [0.2, 0.25) is 0 Å². The van der Waals surface area contributed by atoms with Crippen LogP contribution in [0, 0.1) is 0 Å². The molecule has 3 rings (SSSR count). The lowest BCUT2D eigenvalue weighted by Gasteiger charge is -2.24. The van der Waals surface area contributed by atoms with Crippen molar-refractivity contribution < 1.29 is 19.0 Å². The fourth-order valence-electron chi connectivity index (χ4n) is 3.06. The minimum absolute atomic E-state index is 0.310. The van der Waals surface area contributed by atoms with E-state index < -0.39 is 0 Å². The number of hydrogen-bond acceptors (Lipinski definition) is 8. The number of benzene rings is 1. The lowest BCUT2D eigenvalue weighted by atomic mass is 10.1. The first-order valence-electron chi connectivity index (χ1n) is 8.80. The fraction of sp³-hybridized carbons (Fsp3) is 0.500. The maximum atomic E-state index is 12.6. The van der Waals surface area contributed by atoms with Crippen molar-refractivity contribution in [3.8, 4) is 17.2 Å². The highest BCUT2D eigenvalue weighted by Crippen LogP contribution is 2.38. The molecule has 0 radical (unpaired) electrons. The second kappa shape index (κ2) is 9.01. The van der Waals surface area contributed by atoms with Crippen LogP contribution in [0.25, 0.3) is 0 Å². The van der Waals surface area contributed by atoms with Crippen molar-refractivity contribution in [2.75, 3.05) is 39.7 Å². The Labute approximate surface area is 162 Å². The molecule has 0 atom stereocenters. The van der Waals surface area contributed by atoms with Crippen LogP contribution in [-0.2, 0) is 6.54 Å². The predicted molar refractivity (Wildman–Crippen MR) is 103 cm³/mol. The zero-order chi connectivity index (χ0) is 19.2. The van der Waals surface area contributed by atoms with Gasteiger partial charge in [0.1, 0.15) is 5.01 Å². The van der Waals surface area contributed by atoms with Crippen molar-refractivity contribution in [2.45, 2.75) is 25.8 Å². The van der Waals surface area contributed by atoms with Gasteiger partial charge in [-0.2, -0.15) is 0 Å². The summed E-state index contributed by atoms with van der Waals surface area (Å²) in [5.74, 6) is 0.973. The molecule has 2 heterocycles. The smallest absolute Gasteiger partial charge is 0.257 e. The first kappa shape index (κ1) is 19.4. The third-order valence-electron chi connectivity index (χ3n) is 4.42. The van der Waals surface area contributed by atoms with E-state index in [1.165, 1.54) is 51.9 Å². The second-order valence-electron chi connectivity index (χ2n) is 6.21. The molecule has 2 aromatic rings. The van der Waals surface area contributed by atoms with Crippen LogP contribution < -0.4 is 19.5 Å². The Bertz CT molecular complexity index is 764. The van der Waals surface area contributed by atoms with Crippen molar-refractivity contribution in [1.29, 1.82) is 0 Å². The first-order chi connectivity index (χ1) is 13.1. The normalized spacial score (nSPS) is 14.6. The number of ether oxygens (including phenoxy) is 3. The fourth-order valence-corrected chi connectivity index (χ4v) is 3.84. The molecule has 1 aliphatic heterocycles. The number of amides is 1. The first-order valence-corrected chi connectivity index (χ1v) is 9.62. The Hall–Kier alpha value is -2.39. The van der Waals surface area contributed by atoms with E-state index in [9.17, 15) is 4.79 Å². The maximum absolute atomic E-state index is 12.6. The van der Waals surface area contributed by atoms with Crippen molar-refractivity contribution >= 4 is 22.4 Å². The highest BCUT2D eigenvalue weighted by Gasteiger charge is 2.19. The van der Waals surface area contributed by atoms with Crippen LogP contribution in [0.3, 0.4) is 0 Å². The van der Waals surface area contributed by atoms with Crippen LogP contribution in [0.4, 0.5) is 5.13 Å². The molecular weight excluding hydrogens is 368 g/mol. The third-order valence-corrected chi connectivity index (χ3v) is 5.25. The van der Waals surface area contributed by atoms with E-state index in [4.69, 9.17) is 14.2 Å². The number of carbonyl (C=O) groups excluding carboxylic acids is 1. The van der Waals surface area contributed by atoms with Gasteiger partial charge in [-0.1, -0.05) is 17.8 Å². The summed E-state index contributed by atoms with van der Waals surface area (Å²) in [4.78, 5) is 15.0. The largest absolute Gasteiger partial charge is 0.493 e. The van der Waals surface area contributed by atoms with E-state index in [2.05, 4.69) is 20.4 Å². The predicted octanol–water partition coefficient (Wildman–Crippen LogP) is 2.80. The molecule has 1 amide bonds. The van der Waals surface area contributed by atoms with Crippen molar-refractivity contribution in [1.82, 2.24) is 15.1 Å². The number of hydrogen-bond donors (Lipinski definition) is 1. The number of carbonyl (C=O) groups is 1. The molecule has 9 heteroatoms. The van der Waals surface area contributed by atoms with Gasteiger partial charge in [0, 0.05) is 5.56 Å². The van der Waals surface area contributed by atoms with Crippen LogP contribution in [0.5, 0.6) is 17.2 Å². The van der Waals surface area contributed by atoms with Crippen LogP contribution >= 0.6 is 11.3 Å². The summed E-state index contributed by atoms with van der Waals surface area (Å²) in [6, 6.07) is 3.21. The molecule has 1 aliphatic rings. The van der Waals surface area contributed by atoms with Crippen molar-refractivity contribution in [2.24, 2.45) is 0 Å². The van der Waals surface area contributed by atoms with Gasteiger partial charge in [0.05, 0.1) is 27.9 Å². The molecule has 0 unspecified atom stereocenters. The van der Waals surface area contributed by atoms with Gasteiger partial charge >= 0.3 is 0 Å². The molecule has 1 aromatic carbocycles. The van der Waals surface area contributed by atoms with Crippen molar-refractivity contribution in [3.05, 3.63) is 22.7 Å². The summed E-state index contributed by atoms with van der Waals surface area (Å²) in [6.07, 6.45) is 3.75. The van der Waals surface area contributed by atoms with E-state index >= 15 is 0 Å². The molecule has 27 heavy (non-hydrogen) atoms. The number of anilines is 1. The molecular formula is C18H24N4O4S. The SMILES string of the molecule is COc1cc(C(=O)Nc2nnc(CN3CCCCC3)s2)cc(OC)c1OC. The number of rotatable bonds is 7. The highest BCUT2D eigenvalue weighted by molar-refractivity contribution is 7.15. The Morgan fingerprint density at radius 1 is 1.07 bits per heavy atom. The number of aromatic nitrogens is 2. The minimum atomic E-state index is -0.310. The number of piperidine rings is 1. The van der Waals surface area contributed by atoms with E-state index in [-0.39, 0.29) is 5.91 Å². The number of methoxy groups -OCH3 is 3. The lowest BCUT2D eigenvalue weighted by molar-refractivity contribution is 0.102. The van der Waals surface area contributed by atoms with Gasteiger partial charge in [0.2, 0.25) is 10.9 Å². The summed E-state index contributed by atoms with van der Waals surface area (Å²) in [5.41, 5.74) is 0.386. The highest BCUT2D eigenvalue weighted by atomic mass is 32.1. The van der Waals surface area contributed by atoms with Crippen molar-refractivity contribution in [3.63, 3.8) is 0 Å². The van der Waals surface area contributed by atoms with Gasteiger partial charge in [-0.25, -0.2) is 0 Å². The molecule has 0 aliphatic carbocycles. The summed E-state index contributed by atoms with van der Waals surface area (Å²) in [7, 11) is 4.54. The van der Waals surface area contributed by atoms with Gasteiger partial charge in [-0.05, 0) is 38.1 Å². The molecule has 1 saturated heterocycles. The average Bonchev–Trinajstić information content (AvgIpc) is 3.14. The summed E-state index contributed by atoms with van der Waals surface area (Å²) >= 11 is 1.39. The number of likely N-dealkylation sites (tertiary alicyclic amines) is 1. The zero-order valence-electron chi connectivity index (χ0n) is 15.8. The molecule has 0 bridgehead atoms. The monoisotopic (exact) mass is 392 g/mol. The molecule has 1 fully saturated rings. The van der Waals surface area contributed by atoms with Gasteiger partial charge in [-0.3, -0.25) is 15.0 Å². The van der Waals surface area contributed by atoms with E-state index in [1.54, 1.807) is 12.1 Å². The third kappa shape index (κ3) is 4.67. The average molecular weight is 392 g/mol. The number of nitrogens with one attached hydrogen (secondary N) is 1. The summed E-state index contributed by atoms with van der Waals surface area (Å²) in [6.45, 7) is 2.96. The molecule has 8 nitrogen and oxygen atoms in total. The molecule has 0 saturated carbocycles. The summed E-state index contributed by atoms with van der Waals surface area (Å²) in [5, 5.41) is 12.4. The molecule has 0 spiro atoms. The standard InChI is InChI=1S/C18H24N4O4S/c1-24-13-9-12(10-14(25-2)16(13)26-3)17(23)19-18-21-20-15(27-18)11-22-7-5-4-6-8-22/h9-10H,4-8,11H2,1-3H3,(H,19,21,23). The molecule has 1 aromatic heterocycles. The zero-order valence-corrected chi connectivity index (χ0v) is 16.6. The Morgan fingerprint density at radius 3 is 2.33 bits per heavy atom. The van der Waals surface area contributed by atoms with Crippen LogP contribution in [0.15, 0.2) is 12.1 Å². The van der Waals surface area contributed by atoms with Gasteiger partial charge in [0.25, 0.3) is 5.91 Å². The lowest BCUT2D eigenvalue weighted by Crippen LogP contribution is -2.28. The topological polar surface area (TPSA) is 85.8 Å². The Balaban J connectivity index is 1.70. The van der Waals surface area contributed by atoms with E-state index in [1.807, 2.05) is 0 Å². The summed E-state index contributed by atoms with van der Waals surface area (Å²) < 4.78 is 15.9. The Morgan fingerprint density at radius 2 is 1.74 bits per heavy atom. The Kier molecular flexibility index (Phi) is 6.46. The molecule has 1 N–H and O–H groups in total. The molecule has 146 valence electrons. The van der Waals surface area contributed by atoms with Gasteiger partial charge < -0.3 is 14.2 Å². The van der Waals surface area contributed by atoms with E-state index in [0.29, 0.717) is 27.9 Å². The quantitative estimate of drug-likeness (QED) is 0.775. The van der Waals surface area contributed by atoms with Crippen LogP contribution in [0.1, 0.15) is 34.6 Å². The number of nitrogens with zero attached hydrogens (tertiary/aromatic N) is 3. The van der Waals surface area contributed by atoms with Gasteiger partial charge in [0.15, 0.2) is 11.5 Å². The second-order valence-corrected chi connectivity index (χ2v) is 7.27.